The number of hydrogen-bond donors (Lipinski definition) is 2. The van der Waals surface area contributed by atoms with E-state index in [2.05, 4.69) is 5.32 Å². The first-order valence-electron chi connectivity index (χ1n) is 6.49. The molecule has 0 fully saturated rings. The molecule has 0 saturated carbocycles. The molecule has 0 amide bonds. The minimum absolute atomic E-state index is 0.000228. The average molecular weight is 308 g/mol. The second-order valence-corrected chi connectivity index (χ2v) is 5.10. The lowest BCUT2D eigenvalue weighted by Crippen LogP contribution is -2.15. The third-order valence-corrected chi connectivity index (χ3v) is 3.38. The fourth-order valence-electron chi connectivity index (χ4n) is 2.06. The Morgan fingerprint density at radius 3 is 2.52 bits per heavy atom. The van der Waals surface area contributed by atoms with Crippen LogP contribution in [0.2, 0.25) is 5.02 Å². The van der Waals surface area contributed by atoms with Gasteiger partial charge >= 0.3 is 5.97 Å². The Balaban J connectivity index is 1.97. The van der Waals surface area contributed by atoms with E-state index in [9.17, 15) is 9.18 Å². The summed E-state index contributed by atoms with van der Waals surface area (Å²) in [5, 5.41) is 12.2. The van der Waals surface area contributed by atoms with Gasteiger partial charge in [0.15, 0.2) is 0 Å². The molecule has 0 aliphatic heterocycles. The van der Waals surface area contributed by atoms with Gasteiger partial charge in [-0.3, -0.25) is 4.79 Å². The van der Waals surface area contributed by atoms with Crippen molar-refractivity contribution in [3.63, 3.8) is 0 Å². The summed E-state index contributed by atoms with van der Waals surface area (Å²) < 4.78 is 13.1. The molecule has 21 heavy (non-hydrogen) atoms. The van der Waals surface area contributed by atoms with Gasteiger partial charge in [0.1, 0.15) is 5.82 Å². The van der Waals surface area contributed by atoms with Crippen molar-refractivity contribution in [1.82, 2.24) is 5.32 Å². The number of carboxylic acids is 1. The van der Waals surface area contributed by atoms with Gasteiger partial charge in [-0.25, -0.2) is 4.39 Å². The Bertz CT molecular complexity index is 646. The van der Waals surface area contributed by atoms with Crippen molar-refractivity contribution in [3.05, 3.63) is 70.0 Å². The zero-order valence-electron chi connectivity index (χ0n) is 11.3. The molecule has 0 heterocycles. The maximum absolute atomic E-state index is 13.1. The van der Waals surface area contributed by atoms with E-state index in [0.29, 0.717) is 13.1 Å². The van der Waals surface area contributed by atoms with Gasteiger partial charge in [-0.15, -0.1) is 0 Å². The highest BCUT2D eigenvalue weighted by Gasteiger charge is 2.06. The van der Waals surface area contributed by atoms with E-state index in [1.807, 2.05) is 18.2 Å². The van der Waals surface area contributed by atoms with E-state index >= 15 is 0 Å². The molecule has 110 valence electrons. The monoisotopic (exact) mass is 307 g/mol. The smallest absolute Gasteiger partial charge is 0.307 e. The summed E-state index contributed by atoms with van der Waals surface area (Å²) in [7, 11) is 0. The highest BCUT2D eigenvalue weighted by Crippen LogP contribution is 2.16. The maximum atomic E-state index is 13.1. The highest BCUT2D eigenvalue weighted by molar-refractivity contribution is 6.30. The molecule has 2 N–H and O–H groups in total. The molecule has 0 saturated heterocycles. The number of halogens is 2. The fraction of sp³-hybridized carbons (Fsp3) is 0.188. The van der Waals surface area contributed by atoms with Crippen LogP contribution in [0.3, 0.4) is 0 Å². The second-order valence-electron chi connectivity index (χ2n) is 4.69. The molecule has 2 aromatic rings. The fourth-order valence-corrected chi connectivity index (χ4v) is 2.26. The van der Waals surface area contributed by atoms with Crippen LogP contribution in [0, 0.1) is 5.82 Å². The molecule has 0 radical (unpaired) electrons. The summed E-state index contributed by atoms with van der Waals surface area (Å²) in [4.78, 5) is 10.8. The Labute approximate surface area is 127 Å². The van der Waals surface area contributed by atoms with Crippen molar-refractivity contribution in [2.75, 3.05) is 0 Å². The highest BCUT2D eigenvalue weighted by atomic mass is 35.5. The molecule has 0 aliphatic rings. The van der Waals surface area contributed by atoms with E-state index in [1.165, 1.54) is 6.07 Å². The quantitative estimate of drug-likeness (QED) is 0.860. The van der Waals surface area contributed by atoms with Crippen molar-refractivity contribution in [3.8, 4) is 0 Å². The molecule has 2 rings (SSSR count). The lowest BCUT2D eigenvalue weighted by molar-refractivity contribution is -0.136. The van der Waals surface area contributed by atoms with Gasteiger partial charge in [0.05, 0.1) is 11.4 Å². The van der Waals surface area contributed by atoms with Crippen LogP contribution < -0.4 is 5.32 Å². The maximum Gasteiger partial charge on any atom is 0.307 e. The zero-order valence-corrected chi connectivity index (χ0v) is 12.0. The normalized spacial score (nSPS) is 10.6. The Hall–Kier alpha value is -1.91. The molecular formula is C16H15ClFNO2. The molecule has 0 atom stereocenters. The van der Waals surface area contributed by atoms with Crippen molar-refractivity contribution < 1.29 is 14.3 Å². The lowest BCUT2D eigenvalue weighted by Gasteiger charge is -2.09. The minimum Gasteiger partial charge on any atom is -0.481 e. The lowest BCUT2D eigenvalue weighted by atomic mass is 10.0. The summed E-state index contributed by atoms with van der Waals surface area (Å²) >= 11 is 5.72. The molecule has 0 unspecified atom stereocenters. The van der Waals surface area contributed by atoms with Crippen LogP contribution >= 0.6 is 11.6 Å². The largest absolute Gasteiger partial charge is 0.481 e. The van der Waals surface area contributed by atoms with Crippen LogP contribution in [-0.4, -0.2) is 11.1 Å². The van der Waals surface area contributed by atoms with Crippen molar-refractivity contribution >= 4 is 17.6 Å². The molecule has 0 aromatic heterocycles. The molecule has 0 aliphatic carbocycles. The number of carbonyl (C=O) groups is 1. The van der Waals surface area contributed by atoms with Gasteiger partial charge in [0.2, 0.25) is 0 Å². The van der Waals surface area contributed by atoms with Crippen LogP contribution in [0.4, 0.5) is 4.39 Å². The van der Waals surface area contributed by atoms with Gasteiger partial charge in [0.25, 0.3) is 0 Å². The van der Waals surface area contributed by atoms with Crippen LogP contribution in [0.1, 0.15) is 16.7 Å². The summed E-state index contributed by atoms with van der Waals surface area (Å²) in [6, 6.07) is 12.0. The molecule has 0 spiro atoms. The number of rotatable bonds is 6. The van der Waals surface area contributed by atoms with Gasteiger partial charge in [-0.1, -0.05) is 41.9 Å². The zero-order chi connectivity index (χ0) is 15.2. The minimum atomic E-state index is -0.854. The Morgan fingerprint density at radius 1 is 1.14 bits per heavy atom. The standard InChI is InChI=1S/C16H15ClFNO2/c17-14-7-11(5-6-15(14)18)9-19-10-13-4-2-1-3-12(13)8-16(20)21/h1-7,19H,8-10H2,(H,20,21). The third kappa shape index (κ3) is 4.55. The molecule has 5 heteroatoms. The molecule has 2 aromatic carbocycles. The number of nitrogens with one attached hydrogen (secondary N) is 1. The third-order valence-electron chi connectivity index (χ3n) is 3.09. The Morgan fingerprint density at radius 2 is 1.86 bits per heavy atom. The summed E-state index contributed by atoms with van der Waals surface area (Å²) in [6.45, 7) is 1.07. The first-order chi connectivity index (χ1) is 10.1. The van der Waals surface area contributed by atoms with Gasteiger partial charge in [-0.05, 0) is 28.8 Å². The van der Waals surface area contributed by atoms with E-state index < -0.39 is 11.8 Å². The van der Waals surface area contributed by atoms with E-state index in [1.54, 1.807) is 18.2 Å². The van der Waals surface area contributed by atoms with Crippen LogP contribution in [-0.2, 0) is 24.3 Å². The first kappa shape index (κ1) is 15.5. The molecule has 3 nitrogen and oxygen atoms in total. The van der Waals surface area contributed by atoms with Crippen LogP contribution in [0.15, 0.2) is 42.5 Å². The van der Waals surface area contributed by atoms with Gasteiger partial charge in [-0.2, -0.15) is 0 Å². The van der Waals surface area contributed by atoms with Crippen molar-refractivity contribution in [2.24, 2.45) is 0 Å². The van der Waals surface area contributed by atoms with E-state index in [4.69, 9.17) is 16.7 Å². The Kier molecular flexibility index (Phi) is 5.31. The van der Waals surface area contributed by atoms with Gasteiger partial charge in [0, 0.05) is 13.1 Å². The number of benzene rings is 2. The van der Waals surface area contributed by atoms with E-state index in [0.717, 1.165) is 16.7 Å². The summed E-state index contributed by atoms with van der Waals surface area (Å²) in [5.41, 5.74) is 2.60. The topological polar surface area (TPSA) is 49.3 Å². The number of aliphatic carboxylic acids is 1. The predicted molar refractivity (Wildman–Crippen MR) is 79.7 cm³/mol. The van der Waals surface area contributed by atoms with Crippen LogP contribution in [0.25, 0.3) is 0 Å². The van der Waals surface area contributed by atoms with Crippen molar-refractivity contribution in [2.45, 2.75) is 19.5 Å². The summed E-state index contributed by atoms with van der Waals surface area (Å²) in [6.07, 6.45) is 0.000228. The number of hydrogen-bond acceptors (Lipinski definition) is 2. The predicted octanol–water partition coefficient (Wildman–Crippen LogP) is 3.40. The average Bonchev–Trinajstić information content (AvgIpc) is 2.44. The van der Waals surface area contributed by atoms with Crippen LogP contribution in [0.5, 0.6) is 0 Å². The summed E-state index contributed by atoms with van der Waals surface area (Å²) in [5.74, 6) is -1.29. The van der Waals surface area contributed by atoms with Crippen molar-refractivity contribution in [1.29, 1.82) is 0 Å². The second kappa shape index (κ2) is 7.20. The first-order valence-corrected chi connectivity index (χ1v) is 6.87. The molecule has 0 bridgehead atoms. The van der Waals surface area contributed by atoms with Gasteiger partial charge < -0.3 is 10.4 Å². The van der Waals surface area contributed by atoms with E-state index in [-0.39, 0.29) is 11.4 Å². The molecular weight excluding hydrogens is 293 g/mol. The number of carboxylic acid groups (broad SMARTS) is 1. The SMILES string of the molecule is O=C(O)Cc1ccccc1CNCc1ccc(F)c(Cl)c1.